The molecule has 1 aliphatic rings. The van der Waals surface area contributed by atoms with E-state index in [1.165, 1.54) is 0 Å². The molecule has 0 N–H and O–H groups in total. The van der Waals surface area contributed by atoms with Gasteiger partial charge in [0.1, 0.15) is 5.84 Å². The number of amides is 2. The van der Waals surface area contributed by atoms with Gasteiger partial charge in [0.25, 0.3) is 0 Å². The van der Waals surface area contributed by atoms with Gasteiger partial charge in [0.15, 0.2) is 0 Å². The first-order valence-corrected chi connectivity index (χ1v) is 7.55. The highest BCUT2D eigenvalue weighted by Crippen LogP contribution is 2.26. The molecular formula is C16H22ClN3O. The van der Waals surface area contributed by atoms with Crippen LogP contribution >= 0.6 is 11.6 Å². The van der Waals surface area contributed by atoms with Gasteiger partial charge in [-0.3, -0.25) is 4.90 Å². The highest BCUT2D eigenvalue weighted by Gasteiger charge is 2.29. The third-order valence-electron chi connectivity index (χ3n) is 3.51. The summed E-state index contributed by atoms with van der Waals surface area (Å²) >= 11 is 5.93. The molecule has 0 aromatic heterocycles. The third kappa shape index (κ3) is 3.76. The van der Waals surface area contributed by atoms with E-state index in [1.807, 2.05) is 44.9 Å². The molecule has 0 atom stereocenters. The summed E-state index contributed by atoms with van der Waals surface area (Å²) in [5.74, 6) is 0.864. The van der Waals surface area contributed by atoms with Crippen LogP contribution in [0.1, 0.15) is 33.6 Å². The zero-order chi connectivity index (χ0) is 15.6. The number of anilines is 1. The van der Waals surface area contributed by atoms with Crippen molar-refractivity contribution in [3.63, 3.8) is 0 Å². The molecule has 0 bridgehead atoms. The van der Waals surface area contributed by atoms with Crippen molar-refractivity contribution in [2.24, 2.45) is 4.99 Å². The highest BCUT2D eigenvalue weighted by molar-refractivity contribution is 6.30. The minimum atomic E-state index is -0.355. The Kier molecular flexibility index (Phi) is 4.57. The third-order valence-corrected chi connectivity index (χ3v) is 3.76. The molecule has 114 valence electrons. The van der Waals surface area contributed by atoms with Crippen LogP contribution in [-0.2, 0) is 0 Å². The minimum absolute atomic E-state index is 0.228. The van der Waals surface area contributed by atoms with Crippen LogP contribution in [0.5, 0.6) is 0 Å². The van der Waals surface area contributed by atoms with E-state index in [9.17, 15) is 4.79 Å². The van der Waals surface area contributed by atoms with E-state index in [0.717, 1.165) is 30.9 Å². The van der Waals surface area contributed by atoms with Gasteiger partial charge in [-0.1, -0.05) is 11.6 Å². The number of hydrogen-bond donors (Lipinski definition) is 0. The molecule has 0 unspecified atom stereocenters. The predicted octanol–water partition coefficient (Wildman–Crippen LogP) is 4.19. The van der Waals surface area contributed by atoms with Crippen LogP contribution < -0.4 is 4.90 Å². The maximum Gasteiger partial charge on any atom is 0.350 e. The Hall–Kier alpha value is -1.55. The molecule has 2 amide bonds. The van der Waals surface area contributed by atoms with Gasteiger partial charge in [-0.25, -0.2) is 4.79 Å². The van der Waals surface area contributed by atoms with E-state index < -0.39 is 0 Å². The molecule has 1 fully saturated rings. The molecule has 21 heavy (non-hydrogen) atoms. The highest BCUT2D eigenvalue weighted by atomic mass is 35.5. The number of hydrogen-bond acceptors (Lipinski definition) is 1. The van der Waals surface area contributed by atoms with E-state index in [0.29, 0.717) is 5.02 Å². The molecular weight excluding hydrogens is 286 g/mol. The Morgan fingerprint density at radius 1 is 1.29 bits per heavy atom. The lowest BCUT2D eigenvalue weighted by atomic mass is 10.1. The van der Waals surface area contributed by atoms with Gasteiger partial charge in [-0.2, -0.15) is 4.99 Å². The largest absolute Gasteiger partial charge is 0.363 e. The SMILES string of the molecule is CN1CCC/C1=N/C(=O)N(c1ccc(Cl)cc1)C(C)(C)C. The fourth-order valence-corrected chi connectivity index (χ4v) is 2.60. The van der Waals surface area contributed by atoms with Gasteiger partial charge in [0.05, 0.1) is 0 Å². The van der Waals surface area contributed by atoms with Crippen molar-refractivity contribution in [1.29, 1.82) is 0 Å². The average molecular weight is 308 g/mol. The standard InChI is InChI=1S/C16H22ClN3O/c1-16(2,3)20(13-9-7-12(17)8-10-13)15(21)18-14-6-5-11-19(14)4/h7-10H,5-6,11H2,1-4H3/b18-14-. The number of amidine groups is 1. The van der Waals surface area contributed by atoms with Crippen LogP contribution in [-0.4, -0.2) is 35.9 Å². The van der Waals surface area contributed by atoms with Crippen LogP contribution in [0.3, 0.4) is 0 Å². The molecule has 1 aromatic carbocycles. The van der Waals surface area contributed by atoms with Crippen molar-refractivity contribution >= 4 is 29.2 Å². The zero-order valence-electron chi connectivity index (χ0n) is 13.1. The number of nitrogens with zero attached hydrogens (tertiary/aromatic N) is 3. The lowest BCUT2D eigenvalue weighted by Crippen LogP contribution is -2.45. The quantitative estimate of drug-likeness (QED) is 0.780. The Morgan fingerprint density at radius 2 is 1.90 bits per heavy atom. The second-order valence-electron chi connectivity index (χ2n) is 6.32. The van der Waals surface area contributed by atoms with Crippen LogP contribution in [0.2, 0.25) is 5.02 Å². The summed E-state index contributed by atoms with van der Waals surface area (Å²) in [6.45, 7) is 6.96. The van der Waals surface area contributed by atoms with Crippen LogP contribution in [0, 0.1) is 0 Å². The molecule has 1 aliphatic heterocycles. The molecule has 2 rings (SSSR count). The first-order chi connectivity index (χ1) is 9.79. The number of aliphatic imine (C=N–C) groups is 1. The number of urea groups is 1. The first-order valence-electron chi connectivity index (χ1n) is 7.17. The molecule has 1 saturated heterocycles. The number of halogens is 1. The lowest BCUT2D eigenvalue weighted by molar-refractivity contribution is 0.249. The summed E-state index contributed by atoms with van der Waals surface area (Å²) in [6, 6.07) is 7.05. The fourth-order valence-electron chi connectivity index (χ4n) is 2.47. The molecule has 1 heterocycles. The van der Waals surface area contributed by atoms with E-state index in [4.69, 9.17) is 11.6 Å². The van der Waals surface area contributed by atoms with E-state index >= 15 is 0 Å². The average Bonchev–Trinajstić information content (AvgIpc) is 2.76. The summed E-state index contributed by atoms with van der Waals surface area (Å²) in [4.78, 5) is 20.7. The second kappa shape index (κ2) is 6.06. The minimum Gasteiger partial charge on any atom is -0.363 e. The summed E-state index contributed by atoms with van der Waals surface area (Å²) in [5, 5.41) is 0.655. The summed E-state index contributed by atoms with van der Waals surface area (Å²) in [7, 11) is 1.98. The van der Waals surface area contributed by atoms with Gasteiger partial charge in [0, 0.05) is 36.3 Å². The van der Waals surface area contributed by atoms with Crippen molar-refractivity contribution in [2.45, 2.75) is 39.2 Å². The Bertz CT molecular complexity index is 546. The summed E-state index contributed by atoms with van der Waals surface area (Å²) in [5.41, 5.74) is 0.452. The van der Waals surface area contributed by atoms with Gasteiger partial charge < -0.3 is 4.90 Å². The number of likely N-dealkylation sites (tertiary alicyclic amines) is 1. The number of rotatable bonds is 1. The maximum absolute atomic E-state index is 12.7. The summed E-state index contributed by atoms with van der Waals surface area (Å²) in [6.07, 6.45) is 1.92. The smallest absolute Gasteiger partial charge is 0.350 e. The van der Waals surface area contributed by atoms with Gasteiger partial charge in [0.2, 0.25) is 0 Å². The van der Waals surface area contributed by atoms with E-state index in [1.54, 1.807) is 17.0 Å². The Labute approximate surface area is 131 Å². The van der Waals surface area contributed by atoms with Crippen molar-refractivity contribution < 1.29 is 4.79 Å². The fraction of sp³-hybridized carbons (Fsp3) is 0.500. The summed E-state index contributed by atoms with van der Waals surface area (Å²) < 4.78 is 0. The van der Waals surface area contributed by atoms with Crippen molar-refractivity contribution in [1.82, 2.24) is 4.90 Å². The van der Waals surface area contributed by atoms with Gasteiger partial charge in [-0.05, 0) is 51.5 Å². The zero-order valence-corrected chi connectivity index (χ0v) is 13.8. The maximum atomic E-state index is 12.7. The molecule has 0 spiro atoms. The number of carbonyl (C=O) groups is 1. The van der Waals surface area contributed by atoms with Crippen LogP contribution in [0.4, 0.5) is 10.5 Å². The molecule has 4 nitrogen and oxygen atoms in total. The molecule has 1 aromatic rings. The van der Waals surface area contributed by atoms with Crippen molar-refractivity contribution in [2.75, 3.05) is 18.5 Å². The first kappa shape index (κ1) is 15.8. The Morgan fingerprint density at radius 3 is 2.38 bits per heavy atom. The molecule has 0 saturated carbocycles. The number of carbonyl (C=O) groups excluding carboxylic acids is 1. The normalized spacial score (nSPS) is 17.4. The topological polar surface area (TPSA) is 35.9 Å². The second-order valence-corrected chi connectivity index (χ2v) is 6.75. The Balaban J connectivity index is 2.33. The molecule has 0 radical (unpaired) electrons. The van der Waals surface area contributed by atoms with Gasteiger partial charge in [-0.15, -0.1) is 0 Å². The van der Waals surface area contributed by atoms with Crippen LogP contribution in [0.25, 0.3) is 0 Å². The van der Waals surface area contributed by atoms with E-state index in [2.05, 4.69) is 4.99 Å². The van der Waals surface area contributed by atoms with Crippen molar-refractivity contribution in [3.8, 4) is 0 Å². The monoisotopic (exact) mass is 307 g/mol. The van der Waals surface area contributed by atoms with Crippen molar-refractivity contribution in [3.05, 3.63) is 29.3 Å². The predicted molar refractivity (Wildman–Crippen MR) is 88.4 cm³/mol. The molecule has 5 heteroatoms. The number of benzene rings is 1. The van der Waals surface area contributed by atoms with E-state index in [-0.39, 0.29) is 11.6 Å². The molecule has 0 aliphatic carbocycles. The van der Waals surface area contributed by atoms with Crippen LogP contribution in [0.15, 0.2) is 29.3 Å². The van der Waals surface area contributed by atoms with Gasteiger partial charge >= 0.3 is 6.03 Å². The lowest BCUT2D eigenvalue weighted by Gasteiger charge is -2.34.